The molecule has 2 saturated carbocycles. The quantitative estimate of drug-likeness (QED) is 0.371. The van der Waals surface area contributed by atoms with Crippen molar-refractivity contribution in [3.05, 3.63) is 24.0 Å². The summed E-state index contributed by atoms with van der Waals surface area (Å²) in [6, 6.07) is 0. The molecule has 0 amide bonds. The average molecular weight is 417 g/mol. The van der Waals surface area contributed by atoms with Gasteiger partial charge in [0.25, 0.3) is 0 Å². The first-order chi connectivity index (χ1) is 13.9. The Labute approximate surface area is 180 Å². The Balaban J connectivity index is 1.95. The number of carbonyl (C=O) groups excluding carboxylic acids is 3. The molecule has 0 aromatic carbocycles. The van der Waals surface area contributed by atoms with Gasteiger partial charge in [-0.05, 0) is 83.1 Å². The van der Waals surface area contributed by atoms with E-state index in [1.165, 1.54) is 12.3 Å². The SMILES string of the molecule is CC(=O)C[C@H]1C(=O)[C@H]2COC(C)(C)[C@H]3CC[C@](C)(C[C@@H]23)[C@H]1/C=C/OC(=O)C=C(C)C. The minimum atomic E-state index is -0.424. The minimum Gasteiger partial charge on any atom is -0.432 e. The molecule has 30 heavy (non-hydrogen) atoms. The monoisotopic (exact) mass is 416 g/mol. The standard InChI is InChI=1S/C25H36O5/c1-15(2)11-22(27)29-10-8-21-17(12-16(3)26)23(28)19-14-30-24(4,5)20-7-9-25(21,6)13-18(19)20/h8,10-11,17-21H,7,9,12-14H2,1-6H3/b10-8+/t17-,18+,19+,20+,21+,25-/m1/s1. The molecule has 6 atom stereocenters. The molecule has 3 aliphatic rings. The van der Waals surface area contributed by atoms with Gasteiger partial charge in [0.05, 0.1) is 18.5 Å². The van der Waals surface area contributed by atoms with Crippen molar-refractivity contribution in [2.75, 3.05) is 6.61 Å². The summed E-state index contributed by atoms with van der Waals surface area (Å²) in [6.07, 6.45) is 7.87. The molecule has 1 saturated heterocycles. The summed E-state index contributed by atoms with van der Waals surface area (Å²) in [5, 5.41) is 0. The maximum absolute atomic E-state index is 13.7. The largest absolute Gasteiger partial charge is 0.432 e. The summed E-state index contributed by atoms with van der Waals surface area (Å²) >= 11 is 0. The second-order valence-electron chi connectivity index (χ2n) is 10.6. The summed E-state index contributed by atoms with van der Waals surface area (Å²) in [4.78, 5) is 37.7. The van der Waals surface area contributed by atoms with Gasteiger partial charge in [0, 0.05) is 24.3 Å². The molecule has 2 aliphatic carbocycles. The maximum Gasteiger partial charge on any atom is 0.335 e. The zero-order valence-corrected chi connectivity index (χ0v) is 19.2. The van der Waals surface area contributed by atoms with Crippen LogP contribution in [0.15, 0.2) is 24.0 Å². The molecule has 3 rings (SSSR count). The van der Waals surface area contributed by atoms with Crippen LogP contribution in [0.5, 0.6) is 0 Å². The highest BCUT2D eigenvalue weighted by Gasteiger charge is 2.58. The lowest BCUT2D eigenvalue weighted by molar-refractivity contribution is -0.173. The molecule has 0 aromatic heterocycles. The van der Waals surface area contributed by atoms with E-state index in [-0.39, 0.29) is 46.8 Å². The minimum absolute atomic E-state index is 0.0157. The smallest absolute Gasteiger partial charge is 0.335 e. The fraction of sp³-hybridized carbons (Fsp3) is 0.720. The average Bonchev–Trinajstić information content (AvgIpc) is 2.67. The fourth-order valence-corrected chi connectivity index (χ4v) is 6.20. The van der Waals surface area contributed by atoms with Crippen LogP contribution in [0.25, 0.3) is 0 Å². The molecule has 0 aromatic rings. The molecule has 5 nitrogen and oxygen atoms in total. The zero-order chi connectivity index (χ0) is 22.3. The second kappa shape index (κ2) is 8.41. The van der Waals surface area contributed by atoms with Crippen LogP contribution in [0, 0.1) is 35.0 Å². The Morgan fingerprint density at radius 1 is 1.20 bits per heavy atom. The third-order valence-corrected chi connectivity index (χ3v) is 7.64. The number of rotatable bonds is 5. The van der Waals surface area contributed by atoms with Crippen molar-refractivity contribution in [2.45, 2.75) is 72.8 Å². The molecule has 0 unspecified atom stereocenters. The number of ketones is 2. The van der Waals surface area contributed by atoms with Crippen molar-refractivity contribution in [3.8, 4) is 0 Å². The van der Waals surface area contributed by atoms with Crippen LogP contribution in [0.2, 0.25) is 0 Å². The number of fused-ring (bicyclic) bond motifs is 1. The van der Waals surface area contributed by atoms with Gasteiger partial charge >= 0.3 is 5.97 Å². The lowest BCUT2D eigenvalue weighted by atomic mass is 9.56. The van der Waals surface area contributed by atoms with Gasteiger partial charge in [-0.25, -0.2) is 4.79 Å². The Morgan fingerprint density at radius 3 is 2.53 bits per heavy atom. The summed E-state index contributed by atoms with van der Waals surface area (Å²) < 4.78 is 11.4. The second-order valence-corrected chi connectivity index (χ2v) is 10.6. The van der Waals surface area contributed by atoms with Crippen LogP contribution in [0.4, 0.5) is 0 Å². The highest BCUT2D eigenvalue weighted by molar-refractivity contribution is 5.90. The van der Waals surface area contributed by atoms with Gasteiger partial charge in [-0.3, -0.25) is 4.79 Å². The molecular weight excluding hydrogens is 380 g/mol. The lowest BCUT2D eigenvalue weighted by Gasteiger charge is -2.53. The van der Waals surface area contributed by atoms with Crippen molar-refractivity contribution in [3.63, 3.8) is 0 Å². The van der Waals surface area contributed by atoms with Crippen molar-refractivity contribution < 1.29 is 23.9 Å². The van der Waals surface area contributed by atoms with Gasteiger partial charge < -0.3 is 14.3 Å². The molecule has 0 N–H and O–H groups in total. The summed E-state index contributed by atoms with van der Waals surface area (Å²) in [6.45, 7) is 12.2. The molecule has 3 fully saturated rings. The molecule has 0 spiro atoms. The van der Waals surface area contributed by atoms with E-state index in [4.69, 9.17) is 9.47 Å². The third-order valence-electron chi connectivity index (χ3n) is 7.64. The first-order valence-corrected chi connectivity index (χ1v) is 11.1. The Morgan fingerprint density at radius 2 is 1.90 bits per heavy atom. The van der Waals surface area contributed by atoms with E-state index in [1.807, 2.05) is 19.9 Å². The summed E-state index contributed by atoms with van der Waals surface area (Å²) in [7, 11) is 0. The van der Waals surface area contributed by atoms with Crippen molar-refractivity contribution in [1.82, 2.24) is 0 Å². The number of hydrogen-bond acceptors (Lipinski definition) is 5. The van der Waals surface area contributed by atoms with Crippen LogP contribution < -0.4 is 0 Å². The van der Waals surface area contributed by atoms with Gasteiger partial charge in [-0.2, -0.15) is 0 Å². The van der Waals surface area contributed by atoms with Crippen LogP contribution in [0.1, 0.15) is 67.2 Å². The molecule has 2 bridgehead atoms. The highest BCUT2D eigenvalue weighted by Crippen LogP contribution is 2.59. The van der Waals surface area contributed by atoms with Crippen LogP contribution in [0.3, 0.4) is 0 Å². The molecule has 1 heterocycles. The molecule has 166 valence electrons. The van der Waals surface area contributed by atoms with E-state index in [0.29, 0.717) is 12.5 Å². The van der Waals surface area contributed by atoms with Crippen LogP contribution in [-0.4, -0.2) is 29.7 Å². The van der Waals surface area contributed by atoms with Crippen LogP contribution in [-0.2, 0) is 23.9 Å². The number of esters is 1. The van der Waals surface area contributed by atoms with Crippen molar-refractivity contribution in [1.29, 1.82) is 0 Å². The normalized spacial score (nSPS) is 37.4. The summed E-state index contributed by atoms with van der Waals surface area (Å²) in [5.41, 5.74) is 0.525. The topological polar surface area (TPSA) is 69.7 Å². The van der Waals surface area contributed by atoms with E-state index in [0.717, 1.165) is 24.8 Å². The van der Waals surface area contributed by atoms with Crippen LogP contribution >= 0.6 is 0 Å². The van der Waals surface area contributed by atoms with Crippen molar-refractivity contribution in [2.24, 2.45) is 35.0 Å². The van der Waals surface area contributed by atoms with E-state index in [9.17, 15) is 14.4 Å². The number of ether oxygens (including phenoxy) is 2. The van der Waals surface area contributed by atoms with E-state index < -0.39 is 11.9 Å². The first kappa shape index (κ1) is 22.9. The molecular formula is C25H36O5. The number of Topliss-reactive ketones (excluding diaryl/α,β-unsaturated/α-hetero) is 2. The first-order valence-electron chi connectivity index (χ1n) is 11.1. The number of carbonyl (C=O) groups is 3. The predicted octanol–water partition coefficient (Wildman–Crippen LogP) is 4.65. The maximum atomic E-state index is 13.7. The van der Waals surface area contributed by atoms with Gasteiger partial charge in [-0.1, -0.05) is 12.5 Å². The lowest BCUT2D eigenvalue weighted by Crippen LogP contribution is -2.53. The third kappa shape index (κ3) is 4.46. The molecule has 5 heteroatoms. The Hall–Kier alpha value is -1.75. The summed E-state index contributed by atoms with van der Waals surface area (Å²) in [5.74, 6) is -0.322. The number of hydrogen-bond donors (Lipinski definition) is 0. The predicted molar refractivity (Wildman–Crippen MR) is 114 cm³/mol. The van der Waals surface area contributed by atoms with E-state index in [1.54, 1.807) is 6.92 Å². The van der Waals surface area contributed by atoms with E-state index in [2.05, 4.69) is 20.8 Å². The van der Waals surface area contributed by atoms with Crippen molar-refractivity contribution >= 4 is 17.5 Å². The Kier molecular flexibility index (Phi) is 6.43. The molecule has 1 aliphatic heterocycles. The highest BCUT2D eigenvalue weighted by atomic mass is 16.5. The van der Waals surface area contributed by atoms with E-state index >= 15 is 0 Å². The Bertz CT molecular complexity index is 772. The van der Waals surface area contributed by atoms with Gasteiger partial charge in [0.2, 0.25) is 0 Å². The van der Waals surface area contributed by atoms with Gasteiger partial charge in [0.1, 0.15) is 11.6 Å². The zero-order valence-electron chi connectivity index (χ0n) is 19.2. The fourth-order valence-electron chi connectivity index (χ4n) is 6.20. The van der Waals surface area contributed by atoms with Gasteiger partial charge in [0.15, 0.2) is 0 Å². The molecule has 0 radical (unpaired) electrons. The van der Waals surface area contributed by atoms with Gasteiger partial charge in [-0.15, -0.1) is 0 Å². The number of allylic oxidation sites excluding steroid dienone is 2.